The Morgan fingerprint density at radius 2 is 1.67 bits per heavy atom. The number of anilines is 2. The lowest BCUT2D eigenvalue weighted by Crippen LogP contribution is -2.36. The van der Waals surface area contributed by atoms with Gasteiger partial charge in [-0.3, -0.25) is 9.59 Å². The molecular weight excluding hydrogens is 342 g/mol. The highest BCUT2D eigenvalue weighted by Gasteiger charge is 2.11. The predicted octanol–water partition coefficient (Wildman–Crippen LogP) is 2.85. The van der Waals surface area contributed by atoms with Gasteiger partial charge in [0.15, 0.2) is 0 Å². The molecule has 2 aromatic rings. The Bertz CT molecular complexity index is 784. The summed E-state index contributed by atoms with van der Waals surface area (Å²) in [4.78, 5) is 24.2. The second-order valence-electron chi connectivity index (χ2n) is 6.54. The lowest BCUT2D eigenvalue weighted by atomic mass is 10.1. The molecule has 2 rings (SSSR count). The van der Waals surface area contributed by atoms with Crippen molar-refractivity contribution in [3.05, 3.63) is 59.2 Å². The fourth-order valence-corrected chi connectivity index (χ4v) is 2.49. The van der Waals surface area contributed by atoms with Crippen LogP contribution in [0.15, 0.2) is 42.5 Å². The van der Waals surface area contributed by atoms with Crippen LogP contribution in [-0.2, 0) is 4.79 Å². The van der Waals surface area contributed by atoms with Gasteiger partial charge in [0, 0.05) is 16.9 Å². The fourth-order valence-electron chi connectivity index (χ4n) is 2.49. The first-order chi connectivity index (χ1) is 12.9. The summed E-state index contributed by atoms with van der Waals surface area (Å²) in [6.07, 6.45) is 0.657. The molecule has 4 N–H and O–H groups in total. The van der Waals surface area contributed by atoms with E-state index in [0.717, 1.165) is 5.69 Å². The minimum atomic E-state index is -0.256. The Hall–Kier alpha value is -2.86. The van der Waals surface area contributed by atoms with E-state index >= 15 is 0 Å². The number of amides is 2. The number of hydrogen-bond acceptors (Lipinski definition) is 4. The third kappa shape index (κ3) is 6.11. The van der Waals surface area contributed by atoms with E-state index in [1.54, 1.807) is 24.3 Å². The first-order valence-electron chi connectivity index (χ1n) is 9.05. The molecule has 6 heteroatoms. The number of carbonyl (C=O) groups is 2. The van der Waals surface area contributed by atoms with Crippen LogP contribution in [0.25, 0.3) is 0 Å². The summed E-state index contributed by atoms with van der Waals surface area (Å²) in [7, 11) is 0. The number of carbonyl (C=O) groups excluding carboxylic acids is 2. The van der Waals surface area contributed by atoms with Gasteiger partial charge in [-0.25, -0.2) is 0 Å². The summed E-state index contributed by atoms with van der Waals surface area (Å²) in [6.45, 7) is 6.03. The SMILES string of the molecule is CCC(CO)NC(=O)c1ccc(NC(=O)CNc2ccc(C)c(C)c2)cc1. The van der Waals surface area contributed by atoms with Gasteiger partial charge in [0.1, 0.15) is 0 Å². The Morgan fingerprint density at radius 3 is 2.26 bits per heavy atom. The Kier molecular flexibility index (Phi) is 7.37. The molecule has 0 fully saturated rings. The number of aryl methyl sites for hydroxylation is 2. The van der Waals surface area contributed by atoms with E-state index in [2.05, 4.69) is 16.0 Å². The maximum absolute atomic E-state index is 12.1. The average Bonchev–Trinajstić information content (AvgIpc) is 2.67. The molecule has 1 atom stereocenters. The van der Waals surface area contributed by atoms with Crippen LogP contribution in [0.3, 0.4) is 0 Å². The third-order valence-electron chi connectivity index (χ3n) is 4.44. The Balaban J connectivity index is 1.87. The number of benzene rings is 2. The Labute approximate surface area is 160 Å². The molecule has 0 aromatic heterocycles. The topological polar surface area (TPSA) is 90.5 Å². The van der Waals surface area contributed by atoms with Gasteiger partial charge >= 0.3 is 0 Å². The van der Waals surface area contributed by atoms with Crippen molar-refractivity contribution in [3.8, 4) is 0 Å². The van der Waals surface area contributed by atoms with E-state index in [0.29, 0.717) is 17.7 Å². The van der Waals surface area contributed by atoms with E-state index in [9.17, 15) is 9.59 Å². The van der Waals surface area contributed by atoms with E-state index < -0.39 is 0 Å². The third-order valence-corrected chi connectivity index (χ3v) is 4.44. The second kappa shape index (κ2) is 9.73. The smallest absolute Gasteiger partial charge is 0.251 e. The molecule has 0 aliphatic rings. The number of aliphatic hydroxyl groups excluding tert-OH is 1. The van der Waals surface area contributed by atoms with E-state index in [1.165, 1.54) is 11.1 Å². The quantitative estimate of drug-likeness (QED) is 0.576. The highest BCUT2D eigenvalue weighted by atomic mass is 16.3. The van der Waals surface area contributed by atoms with E-state index in [-0.39, 0.29) is 31.0 Å². The minimum absolute atomic E-state index is 0.0934. The molecule has 6 nitrogen and oxygen atoms in total. The van der Waals surface area contributed by atoms with Crippen molar-refractivity contribution in [1.82, 2.24) is 5.32 Å². The number of rotatable bonds is 8. The second-order valence-corrected chi connectivity index (χ2v) is 6.54. The van der Waals surface area contributed by atoms with Crippen molar-refractivity contribution in [2.75, 3.05) is 23.8 Å². The average molecular weight is 369 g/mol. The van der Waals surface area contributed by atoms with Crippen LogP contribution in [0, 0.1) is 13.8 Å². The molecule has 0 saturated heterocycles. The van der Waals surface area contributed by atoms with Gasteiger partial charge in [-0.2, -0.15) is 0 Å². The summed E-state index contributed by atoms with van der Waals surface area (Å²) in [5, 5.41) is 17.8. The van der Waals surface area contributed by atoms with E-state index in [1.807, 2.05) is 39.0 Å². The molecule has 0 bridgehead atoms. The van der Waals surface area contributed by atoms with Crippen molar-refractivity contribution < 1.29 is 14.7 Å². The van der Waals surface area contributed by atoms with Crippen molar-refractivity contribution in [2.24, 2.45) is 0 Å². The monoisotopic (exact) mass is 369 g/mol. The first kappa shape index (κ1) is 20.5. The Morgan fingerprint density at radius 1 is 1.00 bits per heavy atom. The summed E-state index contributed by atoms with van der Waals surface area (Å²) in [5.41, 5.74) is 4.37. The van der Waals surface area contributed by atoms with Crippen molar-refractivity contribution in [2.45, 2.75) is 33.2 Å². The van der Waals surface area contributed by atoms with Crippen molar-refractivity contribution in [3.63, 3.8) is 0 Å². The molecule has 0 saturated carbocycles. The maximum atomic E-state index is 12.1. The minimum Gasteiger partial charge on any atom is -0.394 e. The number of aliphatic hydroxyl groups is 1. The van der Waals surface area contributed by atoms with Gasteiger partial charge in [-0.05, 0) is 67.8 Å². The van der Waals surface area contributed by atoms with Crippen molar-refractivity contribution in [1.29, 1.82) is 0 Å². The summed E-state index contributed by atoms with van der Waals surface area (Å²) >= 11 is 0. The van der Waals surface area contributed by atoms with Gasteiger partial charge in [0.25, 0.3) is 5.91 Å². The molecule has 0 aliphatic heterocycles. The maximum Gasteiger partial charge on any atom is 0.251 e. The van der Waals surface area contributed by atoms with Crippen molar-refractivity contribution >= 4 is 23.2 Å². The van der Waals surface area contributed by atoms with Gasteiger partial charge in [0.2, 0.25) is 5.91 Å². The summed E-state index contributed by atoms with van der Waals surface area (Å²) in [5.74, 6) is -0.415. The zero-order valence-electron chi connectivity index (χ0n) is 16.0. The van der Waals surface area contributed by atoms with Crippen LogP contribution in [0.1, 0.15) is 34.8 Å². The van der Waals surface area contributed by atoms with Crippen LogP contribution < -0.4 is 16.0 Å². The van der Waals surface area contributed by atoms with Crippen LogP contribution in [0.5, 0.6) is 0 Å². The molecule has 0 spiro atoms. The fraction of sp³-hybridized carbons (Fsp3) is 0.333. The molecule has 2 aromatic carbocycles. The lowest BCUT2D eigenvalue weighted by molar-refractivity contribution is -0.114. The van der Waals surface area contributed by atoms with Gasteiger partial charge in [-0.15, -0.1) is 0 Å². The molecule has 144 valence electrons. The molecule has 1 unspecified atom stereocenters. The normalized spacial score (nSPS) is 11.6. The largest absolute Gasteiger partial charge is 0.394 e. The zero-order valence-corrected chi connectivity index (χ0v) is 16.0. The van der Waals surface area contributed by atoms with Crippen LogP contribution in [0.2, 0.25) is 0 Å². The molecule has 0 radical (unpaired) electrons. The van der Waals surface area contributed by atoms with Gasteiger partial charge < -0.3 is 21.1 Å². The van der Waals surface area contributed by atoms with E-state index in [4.69, 9.17) is 5.11 Å². The number of hydrogen-bond donors (Lipinski definition) is 4. The lowest BCUT2D eigenvalue weighted by Gasteiger charge is -2.14. The molecule has 0 heterocycles. The molecule has 27 heavy (non-hydrogen) atoms. The predicted molar refractivity (Wildman–Crippen MR) is 108 cm³/mol. The van der Waals surface area contributed by atoms with Crippen LogP contribution in [0.4, 0.5) is 11.4 Å². The summed E-state index contributed by atoms with van der Waals surface area (Å²) < 4.78 is 0. The zero-order chi connectivity index (χ0) is 19.8. The standard InChI is InChI=1S/C21H27N3O3/c1-4-17(13-25)24-21(27)16-6-9-18(10-7-16)23-20(26)12-22-19-8-5-14(2)15(3)11-19/h5-11,17,22,25H,4,12-13H2,1-3H3,(H,23,26)(H,24,27). The highest BCUT2D eigenvalue weighted by molar-refractivity contribution is 5.96. The van der Waals surface area contributed by atoms with Crippen LogP contribution in [-0.4, -0.2) is 36.1 Å². The summed E-state index contributed by atoms with van der Waals surface area (Å²) in [6, 6.07) is 12.4. The molecule has 2 amide bonds. The van der Waals surface area contributed by atoms with Gasteiger partial charge in [-0.1, -0.05) is 13.0 Å². The molecular formula is C21H27N3O3. The van der Waals surface area contributed by atoms with Gasteiger partial charge in [0.05, 0.1) is 19.2 Å². The van der Waals surface area contributed by atoms with Crippen LogP contribution >= 0.6 is 0 Å². The molecule has 0 aliphatic carbocycles. The number of nitrogens with one attached hydrogen (secondary N) is 3. The highest BCUT2D eigenvalue weighted by Crippen LogP contribution is 2.14. The first-order valence-corrected chi connectivity index (χ1v) is 9.05.